The van der Waals surface area contributed by atoms with Crippen molar-refractivity contribution in [3.8, 4) is 5.75 Å². The maximum atomic E-state index is 12.5. The second-order valence-electron chi connectivity index (χ2n) is 6.03. The Morgan fingerprint density at radius 3 is 2.85 bits per heavy atom. The summed E-state index contributed by atoms with van der Waals surface area (Å²) < 4.78 is 10.7. The molecule has 1 heterocycles. The van der Waals surface area contributed by atoms with Crippen LogP contribution in [0.5, 0.6) is 5.75 Å². The highest BCUT2D eigenvalue weighted by Crippen LogP contribution is 2.33. The molecule has 1 saturated heterocycles. The number of nitrogens with one attached hydrogen (secondary N) is 1. The summed E-state index contributed by atoms with van der Waals surface area (Å²) in [6, 6.07) is 5.93. The van der Waals surface area contributed by atoms with E-state index in [4.69, 9.17) is 9.47 Å². The first kappa shape index (κ1) is 20.4. The quantitative estimate of drug-likeness (QED) is 0.470. The molecule has 8 nitrogen and oxygen atoms in total. The van der Waals surface area contributed by atoms with Crippen LogP contribution >= 0.6 is 0 Å². The molecule has 1 aliphatic heterocycles. The van der Waals surface area contributed by atoms with Gasteiger partial charge < -0.3 is 24.8 Å². The van der Waals surface area contributed by atoms with Gasteiger partial charge in [-0.25, -0.2) is 4.79 Å². The van der Waals surface area contributed by atoms with Crippen LogP contribution < -0.4 is 15.0 Å². The molecule has 0 spiro atoms. The molecule has 0 bridgehead atoms. The number of aliphatic carboxylic acids is 1. The van der Waals surface area contributed by atoms with Gasteiger partial charge in [0.2, 0.25) is 11.8 Å². The summed E-state index contributed by atoms with van der Waals surface area (Å²) in [6.45, 7) is 5.95. The smallest absolute Gasteiger partial charge is 0.328 e. The van der Waals surface area contributed by atoms with Crippen molar-refractivity contribution in [3.63, 3.8) is 0 Å². The normalized spacial score (nSPS) is 17.4. The van der Waals surface area contributed by atoms with Crippen LogP contribution in [0.3, 0.4) is 0 Å². The van der Waals surface area contributed by atoms with Crippen molar-refractivity contribution in [2.45, 2.75) is 19.4 Å². The van der Waals surface area contributed by atoms with Gasteiger partial charge in [0.25, 0.3) is 0 Å². The largest absolute Gasteiger partial charge is 0.492 e. The maximum absolute atomic E-state index is 12.5. The minimum absolute atomic E-state index is 0.00610. The summed E-state index contributed by atoms with van der Waals surface area (Å²) in [5.41, 5.74) is 0.601. The molecule has 27 heavy (non-hydrogen) atoms. The Labute approximate surface area is 157 Å². The lowest BCUT2D eigenvalue weighted by molar-refractivity contribution is -0.144. The molecule has 2 amide bonds. The third kappa shape index (κ3) is 5.30. The van der Waals surface area contributed by atoms with Crippen molar-refractivity contribution < 1.29 is 29.0 Å². The number of hydrogen-bond acceptors (Lipinski definition) is 5. The van der Waals surface area contributed by atoms with Crippen molar-refractivity contribution >= 4 is 23.5 Å². The number of carboxylic acids is 1. The molecule has 2 N–H and O–H groups in total. The minimum Gasteiger partial charge on any atom is -0.492 e. The third-order valence-electron chi connectivity index (χ3n) is 4.09. The summed E-state index contributed by atoms with van der Waals surface area (Å²) in [6.07, 6.45) is 1.50. The van der Waals surface area contributed by atoms with Crippen molar-refractivity contribution in [2.24, 2.45) is 5.92 Å². The first-order valence-corrected chi connectivity index (χ1v) is 8.71. The van der Waals surface area contributed by atoms with Crippen LogP contribution in [0.1, 0.15) is 13.3 Å². The summed E-state index contributed by atoms with van der Waals surface area (Å²) in [5, 5.41) is 11.7. The molecule has 2 atom stereocenters. The van der Waals surface area contributed by atoms with Crippen LogP contribution in [0.2, 0.25) is 0 Å². The number of rotatable bonds is 10. The van der Waals surface area contributed by atoms with Gasteiger partial charge in [0.15, 0.2) is 6.04 Å². The van der Waals surface area contributed by atoms with E-state index < -0.39 is 23.8 Å². The summed E-state index contributed by atoms with van der Waals surface area (Å²) in [7, 11) is 0. The molecule has 146 valence electrons. The highest BCUT2D eigenvalue weighted by atomic mass is 16.5. The lowest BCUT2D eigenvalue weighted by Gasteiger charge is -2.20. The van der Waals surface area contributed by atoms with Gasteiger partial charge in [-0.1, -0.05) is 18.2 Å². The zero-order chi connectivity index (χ0) is 19.8. The van der Waals surface area contributed by atoms with Crippen LogP contribution in [0, 0.1) is 5.92 Å². The Balaban J connectivity index is 2.04. The van der Waals surface area contributed by atoms with Gasteiger partial charge in [-0.3, -0.25) is 9.59 Å². The third-order valence-corrected chi connectivity index (χ3v) is 4.09. The zero-order valence-electron chi connectivity index (χ0n) is 15.2. The molecular weight excluding hydrogens is 352 g/mol. The number of hydrogen-bond donors (Lipinski definition) is 2. The van der Waals surface area contributed by atoms with E-state index in [1.54, 1.807) is 24.3 Å². The number of nitrogens with zero attached hydrogens (tertiary/aromatic N) is 1. The molecule has 0 radical (unpaired) electrons. The average molecular weight is 376 g/mol. The molecule has 2 rings (SSSR count). The average Bonchev–Trinajstić information content (AvgIpc) is 3.03. The van der Waals surface area contributed by atoms with Crippen molar-refractivity contribution in [2.75, 3.05) is 31.3 Å². The summed E-state index contributed by atoms with van der Waals surface area (Å²) in [4.78, 5) is 37.7. The van der Waals surface area contributed by atoms with Gasteiger partial charge in [-0.15, -0.1) is 6.58 Å². The fourth-order valence-electron chi connectivity index (χ4n) is 2.81. The molecule has 1 aromatic rings. The van der Waals surface area contributed by atoms with E-state index in [0.29, 0.717) is 18.0 Å². The van der Waals surface area contributed by atoms with E-state index >= 15 is 0 Å². The van der Waals surface area contributed by atoms with E-state index in [1.807, 2.05) is 6.92 Å². The number of benzene rings is 1. The Hall–Kier alpha value is -2.87. The number of carbonyl (C=O) groups excluding carboxylic acids is 2. The van der Waals surface area contributed by atoms with Crippen molar-refractivity contribution in [1.29, 1.82) is 0 Å². The van der Waals surface area contributed by atoms with Crippen LogP contribution in [0.4, 0.5) is 5.69 Å². The molecule has 0 aromatic heterocycles. The van der Waals surface area contributed by atoms with E-state index in [2.05, 4.69) is 11.9 Å². The lowest BCUT2D eigenvalue weighted by Crippen LogP contribution is -2.46. The van der Waals surface area contributed by atoms with E-state index in [-0.39, 0.29) is 32.1 Å². The lowest BCUT2D eigenvalue weighted by atomic mass is 10.1. The fourth-order valence-corrected chi connectivity index (χ4v) is 2.81. The Morgan fingerprint density at radius 1 is 1.44 bits per heavy atom. The number of para-hydroxylation sites is 2. The Kier molecular flexibility index (Phi) is 7.36. The van der Waals surface area contributed by atoms with Crippen molar-refractivity contribution in [1.82, 2.24) is 5.32 Å². The van der Waals surface area contributed by atoms with Gasteiger partial charge >= 0.3 is 5.97 Å². The fraction of sp³-hybridized carbons (Fsp3) is 0.421. The molecule has 2 unspecified atom stereocenters. The molecule has 1 fully saturated rings. The minimum atomic E-state index is -1.20. The SMILES string of the molecule is C=CCOCC(NC(=O)C1CC(=O)N(c2ccccc2OCC)C1)C(=O)O. The second kappa shape index (κ2) is 9.72. The predicted molar refractivity (Wildman–Crippen MR) is 98.7 cm³/mol. The van der Waals surface area contributed by atoms with Crippen LogP contribution in [0.25, 0.3) is 0 Å². The molecule has 1 aliphatic rings. The maximum Gasteiger partial charge on any atom is 0.328 e. The molecule has 0 aliphatic carbocycles. The van der Waals surface area contributed by atoms with Gasteiger partial charge in [0, 0.05) is 13.0 Å². The Bertz CT molecular complexity index is 705. The Morgan fingerprint density at radius 2 is 2.19 bits per heavy atom. The van der Waals surface area contributed by atoms with Gasteiger partial charge in [0.1, 0.15) is 5.75 Å². The van der Waals surface area contributed by atoms with Gasteiger partial charge in [0.05, 0.1) is 31.4 Å². The first-order valence-electron chi connectivity index (χ1n) is 8.71. The van der Waals surface area contributed by atoms with Crippen molar-refractivity contribution in [3.05, 3.63) is 36.9 Å². The predicted octanol–water partition coefficient (Wildman–Crippen LogP) is 1.21. The second-order valence-corrected chi connectivity index (χ2v) is 6.03. The number of anilines is 1. The number of amides is 2. The van der Waals surface area contributed by atoms with Crippen LogP contribution in [0.15, 0.2) is 36.9 Å². The highest BCUT2D eigenvalue weighted by Gasteiger charge is 2.37. The number of carbonyl (C=O) groups is 3. The monoisotopic (exact) mass is 376 g/mol. The van der Waals surface area contributed by atoms with Crippen LogP contribution in [-0.2, 0) is 19.1 Å². The molecule has 1 aromatic carbocycles. The van der Waals surface area contributed by atoms with Gasteiger partial charge in [-0.05, 0) is 19.1 Å². The topological polar surface area (TPSA) is 105 Å². The molecular formula is C19H24N2O6. The molecule has 8 heteroatoms. The number of carboxylic acid groups (broad SMARTS) is 1. The summed E-state index contributed by atoms with van der Waals surface area (Å²) in [5.74, 6) is -1.98. The van der Waals surface area contributed by atoms with Gasteiger partial charge in [-0.2, -0.15) is 0 Å². The highest BCUT2D eigenvalue weighted by molar-refractivity contribution is 6.01. The van der Waals surface area contributed by atoms with Crippen LogP contribution in [-0.4, -0.2) is 55.3 Å². The molecule has 0 saturated carbocycles. The summed E-state index contributed by atoms with van der Waals surface area (Å²) >= 11 is 0. The van der Waals surface area contributed by atoms with E-state index in [9.17, 15) is 19.5 Å². The standard InChI is InChI=1S/C19H24N2O6/c1-3-9-26-12-14(19(24)25)20-18(23)13-10-17(22)21(11-13)15-7-5-6-8-16(15)27-4-2/h3,5-8,13-14H,1,4,9-12H2,2H3,(H,20,23)(H,24,25). The van der Waals surface area contributed by atoms with E-state index in [0.717, 1.165) is 0 Å². The first-order chi connectivity index (χ1) is 13.0. The number of ether oxygens (including phenoxy) is 2. The zero-order valence-corrected chi connectivity index (χ0v) is 15.2. The van der Waals surface area contributed by atoms with E-state index in [1.165, 1.54) is 11.0 Å².